The first-order valence-electron chi connectivity index (χ1n) is 6.63. The van der Waals surface area contributed by atoms with Gasteiger partial charge in [0.15, 0.2) is 0 Å². The van der Waals surface area contributed by atoms with Crippen LogP contribution in [0.25, 0.3) is 5.69 Å². The third-order valence-electron chi connectivity index (χ3n) is 3.03. The van der Waals surface area contributed by atoms with Crippen molar-refractivity contribution in [3.05, 3.63) is 48.3 Å². The fraction of sp³-hybridized carbons (Fsp3) is 0.357. The molecule has 0 spiro atoms. The molecule has 1 unspecified atom stereocenters. The largest absolute Gasteiger partial charge is 0.375 e. The number of para-hydroxylation sites is 1. The van der Waals surface area contributed by atoms with Crippen LogP contribution in [0.2, 0.25) is 0 Å². The van der Waals surface area contributed by atoms with Crippen LogP contribution in [0.4, 0.5) is 8.78 Å². The predicted molar refractivity (Wildman–Crippen MR) is 75.1 cm³/mol. The average Bonchev–Trinajstić information content (AvgIpc) is 2.97. The minimum absolute atomic E-state index is 0.194. The van der Waals surface area contributed by atoms with Crippen LogP contribution in [-0.2, 0) is 4.74 Å². The minimum Gasteiger partial charge on any atom is -0.375 e. The Morgan fingerprint density at radius 3 is 2.67 bits per heavy atom. The number of alkyl halides is 2. The van der Waals surface area contributed by atoms with Gasteiger partial charge in [-0.2, -0.15) is 5.10 Å². The van der Waals surface area contributed by atoms with Crippen molar-refractivity contribution < 1.29 is 13.5 Å². The maximum atomic E-state index is 12.0. The molecule has 1 atom stereocenters. The normalized spacial score (nSPS) is 12.8. The molecule has 3 N–H and O–H groups in total. The number of nitrogens with one attached hydrogen (secondary N) is 1. The molecular formula is C14H18F2N4O. The fourth-order valence-electron chi connectivity index (χ4n) is 2.05. The van der Waals surface area contributed by atoms with Crippen LogP contribution >= 0.6 is 0 Å². The van der Waals surface area contributed by atoms with E-state index in [0.29, 0.717) is 6.42 Å². The standard InChI is InChI=1S/C14H18F2N4O/c15-14(16)10-21-9-7-12(19-17)13-6-8-18-20(13)11-4-2-1-3-5-11/h1-6,8,12,14,19H,7,9-10,17H2. The van der Waals surface area contributed by atoms with E-state index in [-0.39, 0.29) is 12.6 Å². The molecule has 0 aliphatic carbocycles. The van der Waals surface area contributed by atoms with Crippen molar-refractivity contribution in [3.63, 3.8) is 0 Å². The van der Waals surface area contributed by atoms with Gasteiger partial charge in [-0.05, 0) is 24.6 Å². The highest BCUT2D eigenvalue weighted by molar-refractivity contribution is 5.33. The Balaban J connectivity index is 2.04. The highest BCUT2D eigenvalue weighted by Crippen LogP contribution is 2.19. The number of hydrazine groups is 1. The van der Waals surface area contributed by atoms with Crippen molar-refractivity contribution in [2.75, 3.05) is 13.2 Å². The summed E-state index contributed by atoms with van der Waals surface area (Å²) in [6.45, 7) is -0.367. The van der Waals surface area contributed by atoms with Gasteiger partial charge < -0.3 is 4.74 Å². The summed E-state index contributed by atoms with van der Waals surface area (Å²) in [4.78, 5) is 0. The molecule has 0 aliphatic rings. The summed E-state index contributed by atoms with van der Waals surface area (Å²) in [6, 6.07) is 11.2. The topological polar surface area (TPSA) is 65.1 Å². The lowest BCUT2D eigenvalue weighted by Gasteiger charge is -2.17. The zero-order chi connectivity index (χ0) is 15.1. The summed E-state index contributed by atoms with van der Waals surface area (Å²) in [7, 11) is 0. The second kappa shape index (κ2) is 7.82. The lowest BCUT2D eigenvalue weighted by Crippen LogP contribution is -2.30. The number of hydrogen-bond acceptors (Lipinski definition) is 4. The number of benzene rings is 1. The van der Waals surface area contributed by atoms with Crippen LogP contribution in [0.15, 0.2) is 42.6 Å². The van der Waals surface area contributed by atoms with Gasteiger partial charge in [-0.1, -0.05) is 18.2 Å². The van der Waals surface area contributed by atoms with Gasteiger partial charge in [-0.15, -0.1) is 0 Å². The van der Waals surface area contributed by atoms with Gasteiger partial charge in [0.1, 0.15) is 6.61 Å². The van der Waals surface area contributed by atoms with Crippen LogP contribution in [0.3, 0.4) is 0 Å². The Morgan fingerprint density at radius 1 is 1.24 bits per heavy atom. The Morgan fingerprint density at radius 2 is 2.00 bits per heavy atom. The molecule has 0 saturated heterocycles. The van der Waals surface area contributed by atoms with E-state index in [2.05, 4.69) is 10.5 Å². The molecule has 2 aromatic rings. The third kappa shape index (κ3) is 4.32. The highest BCUT2D eigenvalue weighted by Gasteiger charge is 2.16. The van der Waals surface area contributed by atoms with Crippen LogP contribution in [0, 0.1) is 0 Å². The second-order valence-electron chi connectivity index (χ2n) is 4.48. The first-order chi connectivity index (χ1) is 10.2. The van der Waals surface area contributed by atoms with Gasteiger partial charge >= 0.3 is 0 Å². The molecule has 0 bridgehead atoms. The summed E-state index contributed by atoms with van der Waals surface area (Å²) < 4.78 is 30.7. The van der Waals surface area contributed by atoms with E-state index in [4.69, 9.17) is 10.6 Å². The van der Waals surface area contributed by atoms with Gasteiger partial charge in [0.25, 0.3) is 6.43 Å². The molecule has 0 saturated carbocycles. The number of rotatable bonds is 8. The molecule has 1 aromatic heterocycles. The van der Waals surface area contributed by atoms with Crippen molar-refractivity contribution in [1.82, 2.24) is 15.2 Å². The zero-order valence-electron chi connectivity index (χ0n) is 11.5. The van der Waals surface area contributed by atoms with Gasteiger partial charge in [0.2, 0.25) is 0 Å². The summed E-state index contributed by atoms with van der Waals surface area (Å²) in [6.07, 6.45) is -0.307. The van der Waals surface area contributed by atoms with Crippen molar-refractivity contribution in [2.45, 2.75) is 18.9 Å². The molecule has 0 radical (unpaired) electrons. The number of nitrogens with two attached hydrogens (primary N) is 1. The molecule has 2 rings (SSSR count). The Labute approximate surface area is 121 Å². The van der Waals surface area contributed by atoms with E-state index in [1.165, 1.54) is 0 Å². The van der Waals surface area contributed by atoms with Crippen LogP contribution in [0.1, 0.15) is 18.2 Å². The maximum Gasteiger partial charge on any atom is 0.261 e. The molecule has 21 heavy (non-hydrogen) atoms. The summed E-state index contributed by atoms with van der Waals surface area (Å²) in [5.41, 5.74) is 4.43. The summed E-state index contributed by atoms with van der Waals surface area (Å²) in [5, 5.41) is 4.27. The molecule has 1 heterocycles. The monoisotopic (exact) mass is 296 g/mol. The zero-order valence-corrected chi connectivity index (χ0v) is 11.5. The van der Waals surface area contributed by atoms with E-state index in [1.54, 1.807) is 10.9 Å². The van der Waals surface area contributed by atoms with Gasteiger partial charge in [-0.25, -0.2) is 13.5 Å². The average molecular weight is 296 g/mol. The molecule has 0 amide bonds. The molecule has 0 aliphatic heterocycles. The number of hydrogen-bond donors (Lipinski definition) is 2. The first kappa shape index (κ1) is 15.6. The van der Waals surface area contributed by atoms with E-state index >= 15 is 0 Å². The number of nitrogens with zero attached hydrogens (tertiary/aromatic N) is 2. The maximum absolute atomic E-state index is 12.0. The Hall–Kier alpha value is -1.83. The van der Waals surface area contributed by atoms with Gasteiger partial charge in [0, 0.05) is 12.8 Å². The van der Waals surface area contributed by atoms with E-state index in [1.807, 2.05) is 36.4 Å². The van der Waals surface area contributed by atoms with Crippen LogP contribution in [0.5, 0.6) is 0 Å². The molecule has 5 nitrogen and oxygen atoms in total. The van der Waals surface area contributed by atoms with Gasteiger partial charge in [0.05, 0.1) is 17.4 Å². The lowest BCUT2D eigenvalue weighted by molar-refractivity contribution is 0.0142. The lowest BCUT2D eigenvalue weighted by atomic mass is 10.1. The third-order valence-corrected chi connectivity index (χ3v) is 3.03. The van der Waals surface area contributed by atoms with E-state index in [9.17, 15) is 8.78 Å². The molecule has 114 valence electrons. The van der Waals surface area contributed by atoms with Crippen molar-refractivity contribution >= 4 is 0 Å². The fourth-order valence-corrected chi connectivity index (χ4v) is 2.05. The minimum atomic E-state index is -2.45. The smallest absolute Gasteiger partial charge is 0.261 e. The van der Waals surface area contributed by atoms with Crippen molar-refractivity contribution in [1.29, 1.82) is 0 Å². The first-order valence-corrected chi connectivity index (χ1v) is 6.63. The van der Waals surface area contributed by atoms with Crippen molar-refractivity contribution in [2.24, 2.45) is 5.84 Å². The van der Waals surface area contributed by atoms with Crippen LogP contribution in [-0.4, -0.2) is 29.4 Å². The molecule has 7 heteroatoms. The second-order valence-corrected chi connectivity index (χ2v) is 4.48. The van der Waals surface area contributed by atoms with E-state index in [0.717, 1.165) is 11.4 Å². The predicted octanol–water partition coefficient (Wildman–Crippen LogP) is 2.05. The summed E-state index contributed by atoms with van der Waals surface area (Å²) >= 11 is 0. The SMILES string of the molecule is NNC(CCOCC(F)F)c1ccnn1-c1ccccc1. The van der Waals surface area contributed by atoms with Crippen LogP contribution < -0.4 is 11.3 Å². The number of aromatic nitrogens is 2. The Bertz CT molecular complexity index is 533. The molecular weight excluding hydrogens is 278 g/mol. The number of halogens is 2. The quantitative estimate of drug-likeness (QED) is 0.444. The summed E-state index contributed by atoms with van der Waals surface area (Å²) in [5.74, 6) is 5.56. The van der Waals surface area contributed by atoms with Crippen molar-refractivity contribution in [3.8, 4) is 5.69 Å². The number of ether oxygens (including phenoxy) is 1. The highest BCUT2D eigenvalue weighted by atomic mass is 19.3. The van der Waals surface area contributed by atoms with E-state index < -0.39 is 13.0 Å². The Kier molecular flexibility index (Phi) is 5.79. The van der Waals surface area contributed by atoms with Gasteiger partial charge in [-0.3, -0.25) is 11.3 Å². The molecule has 1 aromatic carbocycles. The molecule has 0 fully saturated rings.